The minimum Gasteiger partial charge on any atom is -0.377 e. The Labute approximate surface area is 82.8 Å². The zero-order valence-electron chi connectivity index (χ0n) is 9.64. The predicted octanol–water partition coefficient (Wildman–Crippen LogP) is 2.30. The normalized spacial score (nSPS) is 13.4. The average Bonchev–Trinajstić information content (AvgIpc) is 2.06. The van der Waals surface area contributed by atoms with E-state index >= 15 is 0 Å². The highest BCUT2D eigenvalue weighted by Crippen LogP contribution is 2.19. The Bertz CT molecular complexity index is 130. The van der Waals surface area contributed by atoms with Crippen LogP contribution in [-0.4, -0.2) is 29.6 Å². The zero-order chi connectivity index (χ0) is 10.5. The minimum atomic E-state index is -2.33. The molecule has 4 heteroatoms. The van der Waals surface area contributed by atoms with Crippen molar-refractivity contribution in [1.29, 1.82) is 0 Å². The van der Waals surface area contributed by atoms with Crippen LogP contribution in [0.3, 0.4) is 0 Å². The Morgan fingerprint density at radius 1 is 1.08 bits per heavy atom. The molecule has 0 radical (unpaired) electrons. The van der Waals surface area contributed by atoms with E-state index in [9.17, 15) is 0 Å². The van der Waals surface area contributed by atoms with Crippen LogP contribution >= 0.6 is 0 Å². The van der Waals surface area contributed by atoms with E-state index in [1.54, 1.807) is 14.2 Å². The fraction of sp³-hybridized carbons (Fsp3) is 1.00. The molecule has 0 aromatic heterocycles. The van der Waals surface area contributed by atoms with E-state index in [0.717, 1.165) is 6.04 Å². The Kier molecular flexibility index (Phi) is 5.13. The first kappa shape index (κ1) is 13.1. The third-order valence-corrected chi connectivity index (χ3v) is 4.47. The highest BCUT2D eigenvalue weighted by molar-refractivity contribution is 6.60. The zero-order valence-corrected chi connectivity index (χ0v) is 10.6. The standard InChI is InChI=1S/C9H22O3Si/c1-7-13(10-5,11-6)12-8-9(2,3)4/h7-8H2,1-6H3. The molecule has 0 atom stereocenters. The summed E-state index contributed by atoms with van der Waals surface area (Å²) in [6.45, 7) is 9.10. The van der Waals surface area contributed by atoms with E-state index in [-0.39, 0.29) is 5.41 Å². The van der Waals surface area contributed by atoms with Crippen LogP contribution in [-0.2, 0) is 13.3 Å². The van der Waals surface area contributed by atoms with Crippen molar-refractivity contribution in [3.8, 4) is 0 Å². The van der Waals surface area contributed by atoms with Crippen molar-refractivity contribution in [2.24, 2.45) is 5.41 Å². The lowest BCUT2D eigenvalue weighted by Gasteiger charge is -2.29. The molecule has 0 saturated heterocycles. The van der Waals surface area contributed by atoms with Crippen molar-refractivity contribution in [3.05, 3.63) is 0 Å². The number of rotatable bonds is 5. The van der Waals surface area contributed by atoms with Crippen molar-refractivity contribution in [1.82, 2.24) is 0 Å². The Balaban J connectivity index is 4.11. The van der Waals surface area contributed by atoms with Gasteiger partial charge >= 0.3 is 8.80 Å². The fourth-order valence-corrected chi connectivity index (χ4v) is 2.76. The van der Waals surface area contributed by atoms with E-state index in [4.69, 9.17) is 13.3 Å². The highest BCUT2D eigenvalue weighted by Gasteiger charge is 2.37. The number of hydrogen-bond donors (Lipinski definition) is 0. The SMILES string of the molecule is CC[Si](OC)(OC)OCC(C)(C)C. The van der Waals surface area contributed by atoms with Gasteiger partial charge in [-0.1, -0.05) is 27.7 Å². The maximum atomic E-state index is 5.74. The molecule has 0 aliphatic rings. The first-order valence-corrected chi connectivity index (χ1v) is 6.56. The molecule has 0 spiro atoms. The van der Waals surface area contributed by atoms with Gasteiger partial charge in [0, 0.05) is 26.9 Å². The van der Waals surface area contributed by atoms with Gasteiger partial charge in [0.05, 0.1) is 0 Å². The molecule has 0 aliphatic carbocycles. The van der Waals surface area contributed by atoms with Crippen LogP contribution in [0, 0.1) is 5.41 Å². The summed E-state index contributed by atoms with van der Waals surface area (Å²) >= 11 is 0. The van der Waals surface area contributed by atoms with Gasteiger partial charge in [-0.15, -0.1) is 0 Å². The monoisotopic (exact) mass is 206 g/mol. The number of hydrogen-bond acceptors (Lipinski definition) is 3. The van der Waals surface area contributed by atoms with Gasteiger partial charge in [-0.25, -0.2) is 0 Å². The fourth-order valence-electron chi connectivity index (χ4n) is 0.918. The minimum absolute atomic E-state index is 0.157. The summed E-state index contributed by atoms with van der Waals surface area (Å²) < 4.78 is 16.4. The second kappa shape index (κ2) is 5.10. The van der Waals surface area contributed by atoms with Crippen LogP contribution < -0.4 is 0 Å². The summed E-state index contributed by atoms with van der Waals surface area (Å²) in [4.78, 5) is 0. The van der Waals surface area contributed by atoms with Crippen molar-refractivity contribution in [3.63, 3.8) is 0 Å². The molecule has 13 heavy (non-hydrogen) atoms. The summed E-state index contributed by atoms with van der Waals surface area (Å²) in [7, 11) is 0.982. The van der Waals surface area contributed by atoms with Gasteiger partial charge in [0.25, 0.3) is 0 Å². The summed E-state index contributed by atoms with van der Waals surface area (Å²) in [5.41, 5.74) is 0.157. The molecule has 0 aromatic carbocycles. The quantitative estimate of drug-likeness (QED) is 0.646. The van der Waals surface area contributed by atoms with Gasteiger partial charge in [-0.05, 0) is 5.41 Å². The van der Waals surface area contributed by atoms with Crippen molar-refractivity contribution < 1.29 is 13.3 Å². The molecule has 80 valence electrons. The Morgan fingerprint density at radius 3 is 1.77 bits per heavy atom. The van der Waals surface area contributed by atoms with Crippen LogP contribution in [0.1, 0.15) is 27.7 Å². The topological polar surface area (TPSA) is 27.7 Å². The van der Waals surface area contributed by atoms with Crippen LogP contribution in [0.15, 0.2) is 0 Å². The Hall–Kier alpha value is 0.0969. The van der Waals surface area contributed by atoms with Crippen LogP contribution in [0.2, 0.25) is 6.04 Å². The molecular formula is C9H22O3Si. The molecule has 3 nitrogen and oxygen atoms in total. The van der Waals surface area contributed by atoms with Gasteiger partial charge in [0.2, 0.25) is 0 Å². The lowest BCUT2D eigenvalue weighted by molar-refractivity contribution is 0.0668. The predicted molar refractivity (Wildman–Crippen MR) is 55.7 cm³/mol. The van der Waals surface area contributed by atoms with E-state index < -0.39 is 8.80 Å². The van der Waals surface area contributed by atoms with E-state index in [1.807, 2.05) is 6.92 Å². The third kappa shape index (κ3) is 4.76. The van der Waals surface area contributed by atoms with E-state index in [1.165, 1.54) is 0 Å². The molecule has 0 aromatic rings. The third-order valence-electron chi connectivity index (χ3n) is 1.78. The van der Waals surface area contributed by atoms with Crippen molar-refractivity contribution >= 4 is 8.80 Å². The average molecular weight is 206 g/mol. The smallest absolute Gasteiger partial charge is 0.377 e. The summed E-state index contributed by atoms with van der Waals surface area (Å²) in [5.74, 6) is 0. The molecule has 0 unspecified atom stereocenters. The van der Waals surface area contributed by atoms with Gasteiger partial charge in [-0.2, -0.15) is 0 Å². The molecule has 0 heterocycles. The first-order chi connectivity index (χ1) is 5.89. The van der Waals surface area contributed by atoms with Gasteiger partial charge in [-0.3, -0.25) is 0 Å². The first-order valence-electron chi connectivity index (χ1n) is 4.63. The van der Waals surface area contributed by atoms with Crippen LogP contribution in [0.25, 0.3) is 0 Å². The molecule has 0 fully saturated rings. The Morgan fingerprint density at radius 2 is 1.54 bits per heavy atom. The van der Waals surface area contributed by atoms with E-state index in [2.05, 4.69) is 20.8 Å². The maximum Gasteiger partial charge on any atom is 0.500 e. The molecule has 0 aliphatic heterocycles. The molecular weight excluding hydrogens is 184 g/mol. The highest BCUT2D eigenvalue weighted by atomic mass is 28.4. The summed E-state index contributed by atoms with van der Waals surface area (Å²) in [5, 5.41) is 0. The molecule has 0 N–H and O–H groups in total. The second-order valence-corrected chi connectivity index (χ2v) is 7.47. The maximum absolute atomic E-state index is 5.74. The van der Waals surface area contributed by atoms with Gasteiger partial charge < -0.3 is 13.3 Å². The van der Waals surface area contributed by atoms with Crippen molar-refractivity contribution in [2.45, 2.75) is 33.7 Å². The lowest BCUT2D eigenvalue weighted by atomic mass is 9.99. The molecule has 0 saturated carbocycles. The van der Waals surface area contributed by atoms with Crippen LogP contribution in [0.4, 0.5) is 0 Å². The second-order valence-electron chi connectivity index (χ2n) is 4.29. The molecule has 0 rings (SSSR count). The largest absolute Gasteiger partial charge is 0.500 e. The summed E-state index contributed by atoms with van der Waals surface area (Å²) in [6.07, 6.45) is 0. The van der Waals surface area contributed by atoms with Gasteiger partial charge in [0.15, 0.2) is 0 Å². The lowest BCUT2D eigenvalue weighted by Crippen LogP contribution is -2.44. The molecule has 0 amide bonds. The molecule has 0 bridgehead atoms. The van der Waals surface area contributed by atoms with Crippen molar-refractivity contribution in [2.75, 3.05) is 20.8 Å². The summed E-state index contributed by atoms with van der Waals surface area (Å²) in [6, 6.07) is 0.816. The van der Waals surface area contributed by atoms with Gasteiger partial charge in [0.1, 0.15) is 0 Å². The van der Waals surface area contributed by atoms with Crippen LogP contribution in [0.5, 0.6) is 0 Å². The van der Waals surface area contributed by atoms with E-state index in [0.29, 0.717) is 6.61 Å².